The molecule has 2 fully saturated rings. The highest BCUT2D eigenvalue weighted by molar-refractivity contribution is 5.91. The molecule has 1 N–H and O–H groups in total. The average molecular weight is 365 g/mol. The maximum absolute atomic E-state index is 12.7. The lowest BCUT2D eigenvalue weighted by Crippen LogP contribution is -2.43. The van der Waals surface area contributed by atoms with E-state index in [1.807, 2.05) is 35.5 Å². The van der Waals surface area contributed by atoms with Gasteiger partial charge >= 0.3 is 0 Å². The number of rotatable bonds is 5. The third-order valence-corrected chi connectivity index (χ3v) is 5.58. The summed E-state index contributed by atoms with van der Waals surface area (Å²) in [6, 6.07) is 10.8. The van der Waals surface area contributed by atoms with Crippen molar-refractivity contribution in [2.75, 3.05) is 38.5 Å². The maximum Gasteiger partial charge on any atom is 0.237 e. The van der Waals surface area contributed by atoms with Crippen molar-refractivity contribution in [3.8, 4) is 0 Å². The molecule has 2 aromatic rings. The number of pyridine rings is 1. The van der Waals surface area contributed by atoms with Gasteiger partial charge in [-0.25, -0.2) is 0 Å². The van der Waals surface area contributed by atoms with Crippen LogP contribution in [0.15, 0.2) is 41.5 Å². The largest absolute Gasteiger partial charge is 0.380 e. The van der Waals surface area contributed by atoms with E-state index < -0.39 is 0 Å². The number of carbonyl (C=O) groups is 1. The van der Waals surface area contributed by atoms with Gasteiger partial charge in [-0.05, 0) is 43.5 Å². The molecule has 3 heterocycles. The summed E-state index contributed by atoms with van der Waals surface area (Å²) in [6.07, 6.45) is 6.88. The molecule has 0 bridgehead atoms. The van der Waals surface area contributed by atoms with Gasteiger partial charge in [0, 0.05) is 56.2 Å². The molecule has 1 aromatic heterocycles. The highest BCUT2D eigenvalue weighted by Gasteiger charge is 2.30. The number of anilines is 1. The number of fused-ring (bicyclic) bond motifs is 1. The second-order valence-electron chi connectivity index (χ2n) is 7.44. The first-order valence-electron chi connectivity index (χ1n) is 9.79. The van der Waals surface area contributed by atoms with Gasteiger partial charge in [0.1, 0.15) is 0 Å². The van der Waals surface area contributed by atoms with Gasteiger partial charge in [0.05, 0.1) is 18.1 Å². The Morgan fingerprint density at radius 3 is 3.11 bits per heavy atom. The highest BCUT2D eigenvalue weighted by Crippen LogP contribution is 2.24. The normalized spacial score (nSPS) is 23.5. The van der Waals surface area contributed by atoms with Crippen molar-refractivity contribution in [2.24, 2.45) is 4.99 Å². The van der Waals surface area contributed by atoms with Crippen molar-refractivity contribution in [2.45, 2.75) is 31.3 Å². The van der Waals surface area contributed by atoms with Crippen LogP contribution in [0.25, 0.3) is 10.9 Å². The number of aliphatic imine (C=N–C) groups is 1. The minimum Gasteiger partial charge on any atom is -0.380 e. The van der Waals surface area contributed by atoms with Gasteiger partial charge in [0.2, 0.25) is 5.91 Å². The number of nitrogens with zero attached hydrogens (tertiary/aromatic N) is 4. The van der Waals surface area contributed by atoms with Gasteiger partial charge in [-0.15, -0.1) is 0 Å². The Kier molecular flexibility index (Phi) is 5.34. The number of hydrogen-bond acceptors (Lipinski definition) is 5. The molecule has 0 unspecified atom stereocenters. The van der Waals surface area contributed by atoms with Gasteiger partial charge < -0.3 is 10.2 Å². The quantitative estimate of drug-likeness (QED) is 0.827. The summed E-state index contributed by atoms with van der Waals surface area (Å²) in [5.41, 5.74) is 2.13. The maximum atomic E-state index is 12.7. The van der Waals surface area contributed by atoms with E-state index in [2.05, 4.69) is 32.3 Å². The topological polar surface area (TPSA) is 60.8 Å². The van der Waals surface area contributed by atoms with E-state index in [-0.39, 0.29) is 11.9 Å². The van der Waals surface area contributed by atoms with Crippen LogP contribution in [0.4, 0.5) is 5.69 Å². The number of aromatic nitrogens is 1. The standard InChI is InChI=1S/C21H27N5O/c1-22-13-17-5-4-11-26(17)21(27)15-25-12-9-16(14-25)24-20-8-2-7-19-18(20)6-3-10-23-19/h2-3,6-8,10,13,16-17,24H,4-5,9,11-12,14-15H2,1H3/t16-,17-/m0/s1. The fourth-order valence-electron chi connectivity index (χ4n) is 4.25. The SMILES string of the molecule is CN=C[C@@H]1CCCN1C(=O)CN1CC[C@H](Nc2cccc3ncccc23)C1. The fraction of sp³-hybridized carbons (Fsp3) is 0.476. The van der Waals surface area contributed by atoms with Crippen LogP contribution in [-0.4, -0.2) is 72.2 Å². The Morgan fingerprint density at radius 2 is 2.22 bits per heavy atom. The van der Waals surface area contributed by atoms with Crippen molar-refractivity contribution in [1.29, 1.82) is 0 Å². The van der Waals surface area contributed by atoms with Gasteiger partial charge in [-0.3, -0.25) is 19.7 Å². The number of carbonyl (C=O) groups excluding carboxylic acids is 1. The zero-order valence-electron chi connectivity index (χ0n) is 15.8. The molecule has 2 aliphatic heterocycles. The van der Waals surface area contributed by atoms with E-state index in [1.165, 1.54) is 0 Å². The van der Waals surface area contributed by atoms with Gasteiger partial charge in [0.25, 0.3) is 0 Å². The van der Waals surface area contributed by atoms with Crippen LogP contribution in [0.3, 0.4) is 0 Å². The van der Waals surface area contributed by atoms with E-state index in [0.29, 0.717) is 12.6 Å². The summed E-state index contributed by atoms with van der Waals surface area (Å²) in [5, 5.41) is 4.80. The van der Waals surface area contributed by atoms with E-state index in [9.17, 15) is 4.79 Å². The third-order valence-electron chi connectivity index (χ3n) is 5.58. The number of likely N-dealkylation sites (tertiary alicyclic amines) is 2. The molecule has 1 aromatic carbocycles. The van der Waals surface area contributed by atoms with E-state index in [1.54, 1.807) is 7.05 Å². The summed E-state index contributed by atoms with van der Waals surface area (Å²) in [5.74, 6) is 0.229. The molecule has 0 radical (unpaired) electrons. The van der Waals surface area contributed by atoms with Gasteiger partial charge in [-0.1, -0.05) is 6.07 Å². The lowest BCUT2D eigenvalue weighted by molar-refractivity contribution is -0.131. The molecular weight excluding hydrogens is 338 g/mol. The third kappa shape index (κ3) is 3.95. The van der Waals surface area contributed by atoms with Crippen molar-refractivity contribution in [3.05, 3.63) is 36.5 Å². The average Bonchev–Trinajstić information content (AvgIpc) is 3.32. The molecular formula is C21H27N5O. The Morgan fingerprint density at radius 1 is 1.30 bits per heavy atom. The lowest BCUT2D eigenvalue weighted by Gasteiger charge is -2.25. The molecule has 0 aliphatic carbocycles. The number of amides is 1. The molecule has 2 atom stereocenters. The van der Waals surface area contributed by atoms with Crippen molar-refractivity contribution >= 4 is 28.7 Å². The fourth-order valence-corrected chi connectivity index (χ4v) is 4.25. The van der Waals surface area contributed by atoms with Gasteiger partial charge in [0.15, 0.2) is 0 Å². The summed E-state index contributed by atoms with van der Waals surface area (Å²) in [4.78, 5) is 25.5. The van der Waals surface area contributed by atoms with Crippen LogP contribution in [0.5, 0.6) is 0 Å². The summed E-state index contributed by atoms with van der Waals surface area (Å²) < 4.78 is 0. The minimum absolute atomic E-state index is 0.183. The Labute approximate surface area is 160 Å². The van der Waals surface area contributed by atoms with E-state index in [0.717, 1.165) is 55.5 Å². The number of nitrogens with one attached hydrogen (secondary N) is 1. The smallest absolute Gasteiger partial charge is 0.237 e. The van der Waals surface area contributed by atoms with Crippen molar-refractivity contribution in [1.82, 2.24) is 14.8 Å². The van der Waals surface area contributed by atoms with Crippen LogP contribution in [0.1, 0.15) is 19.3 Å². The number of hydrogen-bond donors (Lipinski definition) is 1. The zero-order valence-corrected chi connectivity index (χ0v) is 15.8. The first-order valence-corrected chi connectivity index (χ1v) is 9.79. The second-order valence-corrected chi connectivity index (χ2v) is 7.44. The Bertz CT molecular complexity index is 831. The predicted octanol–water partition coefficient (Wildman–Crippen LogP) is 2.41. The highest BCUT2D eigenvalue weighted by atomic mass is 16.2. The first-order chi connectivity index (χ1) is 13.2. The molecule has 6 heteroatoms. The first kappa shape index (κ1) is 17.9. The molecule has 2 saturated heterocycles. The van der Waals surface area contributed by atoms with Gasteiger partial charge in [-0.2, -0.15) is 0 Å². The van der Waals surface area contributed by atoms with Crippen LogP contribution in [0, 0.1) is 0 Å². The van der Waals surface area contributed by atoms with Crippen molar-refractivity contribution < 1.29 is 4.79 Å². The summed E-state index contributed by atoms with van der Waals surface area (Å²) in [7, 11) is 1.78. The monoisotopic (exact) mass is 365 g/mol. The van der Waals surface area contributed by atoms with Crippen LogP contribution >= 0.6 is 0 Å². The molecule has 27 heavy (non-hydrogen) atoms. The van der Waals surface area contributed by atoms with E-state index in [4.69, 9.17) is 0 Å². The number of benzene rings is 1. The van der Waals surface area contributed by atoms with E-state index >= 15 is 0 Å². The Balaban J connectivity index is 1.35. The summed E-state index contributed by atoms with van der Waals surface area (Å²) >= 11 is 0. The predicted molar refractivity (Wildman–Crippen MR) is 109 cm³/mol. The molecule has 1 amide bonds. The zero-order chi connectivity index (χ0) is 18.6. The molecule has 6 nitrogen and oxygen atoms in total. The lowest BCUT2D eigenvalue weighted by atomic mass is 10.1. The molecule has 142 valence electrons. The second kappa shape index (κ2) is 8.05. The molecule has 0 spiro atoms. The Hall–Kier alpha value is -2.47. The van der Waals surface area contributed by atoms with Crippen LogP contribution < -0.4 is 5.32 Å². The summed E-state index contributed by atoms with van der Waals surface area (Å²) in [6.45, 7) is 3.20. The van der Waals surface area contributed by atoms with Crippen molar-refractivity contribution in [3.63, 3.8) is 0 Å². The minimum atomic E-state index is 0.183. The van der Waals surface area contributed by atoms with Crippen LogP contribution in [0.2, 0.25) is 0 Å². The molecule has 0 saturated carbocycles. The van der Waals surface area contributed by atoms with Crippen LogP contribution in [-0.2, 0) is 4.79 Å². The molecule has 4 rings (SSSR count). The molecule has 2 aliphatic rings.